The van der Waals surface area contributed by atoms with Crippen LogP contribution in [0.15, 0.2) is 29.8 Å². The Balaban J connectivity index is 2.43. The molecule has 2 rings (SSSR count). The van der Waals surface area contributed by atoms with Gasteiger partial charge in [-0.1, -0.05) is 23.8 Å². The van der Waals surface area contributed by atoms with Crippen molar-refractivity contribution in [1.82, 2.24) is 5.32 Å². The van der Waals surface area contributed by atoms with Crippen molar-refractivity contribution in [2.45, 2.75) is 12.8 Å². The van der Waals surface area contributed by atoms with Crippen LogP contribution in [-0.4, -0.2) is 13.1 Å². The van der Waals surface area contributed by atoms with Crippen LogP contribution in [0, 0.1) is 6.57 Å². The lowest BCUT2D eigenvalue weighted by molar-refractivity contribution is 0.612. The van der Waals surface area contributed by atoms with E-state index in [0.29, 0.717) is 5.69 Å². The first-order valence-corrected chi connectivity index (χ1v) is 5.48. The lowest BCUT2D eigenvalue weighted by Crippen LogP contribution is -2.23. The van der Waals surface area contributed by atoms with Gasteiger partial charge >= 0.3 is 0 Å². The second kappa shape index (κ2) is 4.82. The predicted octanol–water partition coefficient (Wildman–Crippen LogP) is 2.28. The number of nitrogens with one attached hydrogen (secondary N) is 1. The number of nitrogens with zero attached hydrogens (tertiary/aromatic N) is 1. The Bertz CT molecular complexity index is 446. The summed E-state index contributed by atoms with van der Waals surface area (Å²) < 4.78 is 0. The lowest BCUT2D eigenvalue weighted by Gasteiger charge is -2.18. The molecule has 0 amide bonds. The molecule has 3 N–H and O–H groups in total. The first-order chi connectivity index (χ1) is 7.83. The van der Waals surface area contributed by atoms with E-state index in [9.17, 15) is 0 Å². The molecule has 3 heteroatoms. The maximum absolute atomic E-state index is 7.32. The molecule has 0 radical (unpaired) electrons. The van der Waals surface area contributed by atoms with E-state index in [1.54, 1.807) is 0 Å². The molecular weight excluding hydrogens is 198 g/mol. The molecule has 0 spiro atoms. The molecule has 82 valence electrons. The van der Waals surface area contributed by atoms with Crippen LogP contribution < -0.4 is 11.1 Å². The van der Waals surface area contributed by atoms with E-state index < -0.39 is 0 Å². The molecule has 0 atom stereocenters. The summed E-state index contributed by atoms with van der Waals surface area (Å²) in [6.45, 7) is 9.24. The summed E-state index contributed by atoms with van der Waals surface area (Å²) in [7, 11) is 0. The second-order valence-corrected chi connectivity index (χ2v) is 3.90. The summed E-state index contributed by atoms with van der Waals surface area (Å²) in [6.07, 6.45) is 1.90. The van der Waals surface area contributed by atoms with E-state index >= 15 is 0 Å². The van der Waals surface area contributed by atoms with Gasteiger partial charge in [0.05, 0.1) is 6.57 Å². The largest absolute Gasteiger partial charge is 0.399 e. The van der Waals surface area contributed by atoms with Crippen molar-refractivity contribution in [2.24, 2.45) is 0 Å². The van der Waals surface area contributed by atoms with Crippen molar-refractivity contribution in [1.29, 1.82) is 0 Å². The van der Waals surface area contributed by atoms with Crippen molar-refractivity contribution in [2.75, 3.05) is 18.8 Å². The maximum atomic E-state index is 7.32. The average molecular weight is 213 g/mol. The number of piperidine rings is 1. The van der Waals surface area contributed by atoms with Gasteiger partial charge in [-0.15, -0.1) is 0 Å². The minimum atomic E-state index is 0.694. The molecule has 1 fully saturated rings. The van der Waals surface area contributed by atoms with E-state index in [2.05, 4.69) is 10.2 Å². The minimum absolute atomic E-state index is 0.694. The van der Waals surface area contributed by atoms with Crippen LogP contribution in [0.1, 0.15) is 18.4 Å². The van der Waals surface area contributed by atoms with Crippen LogP contribution in [0.3, 0.4) is 0 Å². The van der Waals surface area contributed by atoms with Gasteiger partial charge in [-0.05, 0) is 32.0 Å². The molecule has 16 heavy (non-hydrogen) atoms. The zero-order chi connectivity index (χ0) is 11.4. The number of nitrogens with two attached hydrogens (primary N) is 1. The van der Waals surface area contributed by atoms with E-state index in [4.69, 9.17) is 12.3 Å². The molecule has 1 aliphatic rings. The number of anilines is 1. The van der Waals surface area contributed by atoms with Crippen LogP contribution >= 0.6 is 0 Å². The Morgan fingerprint density at radius 2 is 1.94 bits per heavy atom. The van der Waals surface area contributed by atoms with Crippen LogP contribution in [0.25, 0.3) is 10.5 Å². The highest BCUT2D eigenvalue weighted by Gasteiger charge is 2.14. The van der Waals surface area contributed by atoms with Gasteiger partial charge in [-0.25, -0.2) is 4.85 Å². The fourth-order valence-electron chi connectivity index (χ4n) is 2.01. The topological polar surface area (TPSA) is 42.4 Å². The smallest absolute Gasteiger partial charge is 0.195 e. The standard InChI is InChI=1S/C13H15N3/c1-15-13(10-6-8-16-9-7-10)11-4-2-3-5-12(11)14/h2-5,16H,6-9,14H2. The number of rotatable bonds is 1. The molecule has 1 aromatic carbocycles. The van der Waals surface area contributed by atoms with Crippen LogP contribution in [0.2, 0.25) is 0 Å². The Hall–Kier alpha value is -1.79. The Morgan fingerprint density at radius 1 is 1.25 bits per heavy atom. The van der Waals surface area contributed by atoms with Crippen molar-refractivity contribution in [3.8, 4) is 0 Å². The monoisotopic (exact) mass is 213 g/mol. The molecule has 1 aliphatic heterocycles. The van der Waals surface area contributed by atoms with Gasteiger partial charge in [0.2, 0.25) is 0 Å². The highest BCUT2D eigenvalue weighted by atomic mass is 14.9. The summed E-state index contributed by atoms with van der Waals surface area (Å²) >= 11 is 0. The summed E-state index contributed by atoms with van der Waals surface area (Å²) in [6, 6.07) is 7.60. The van der Waals surface area contributed by atoms with Crippen LogP contribution in [0.4, 0.5) is 5.69 Å². The lowest BCUT2D eigenvalue weighted by atomic mass is 9.98. The van der Waals surface area contributed by atoms with Gasteiger partial charge in [0.25, 0.3) is 0 Å². The first kappa shape index (κ1) is 10.7. The normalized spacial score (nSPS) is 15.6. The molecule has 1 heterocycles. The Kier molecular flexibility index (Phi) is 3.23. The second-order valence-electron chi connectivity index (χ2n) is 3.90. The molecule has 0 bridgehead atoms. The van der Waals surface area contributed by atoms with Crippen molar-refractivity contribution in [3.05, 3.63) is 46.8 Å². The molecule has 1 saturated heterocycles. The molecular formula is C13H15N3. The highest BCUT2D eigenvalue weighted by Crippen LogP contribution is 2.29. The highest BCUT2D eigenvalue weighted by molar-refractivity contribution is 5.80. The summed E-state index contributed by atoms with van der Waals surface area (Å²) in [5.74, 6) is 0. The summed E-state index contributed by atoms with van der Waals surface area (Å²) in [5, 5.41) is 3.29. The third-order valence-corrected chi connectivity index (χ3v) is 2.87. The third-order valence-electron chi connectivity index (χ3n) is 2.87. The van der Waals surface area contributed by atoms with Crippen LogP contribution in [0.5, 0.6) is 0 Å². The zero-order valence-corrected chi connectivity index (χ0v) is 9.16. The van der Waals surface area contributed by atoms with Crippen molar-refractivity contribution in [3.63, 3.8) is 0 Å². The first-order valence-electron chi connectivity index (χ1n) is 5.48. The SMILES string of the molecule is [C-]#[N+]C(=C1CCNCC1)c1ccccc1N. The van der Waals surface area contributed by atoms with E-state index in [0.717, 1.165) is 37.2 Å². The summed E-state index contributed by atoms with van der Waals surface area (Å²) in [5.41, 5.74) is 9.47. The molecule has 0 saturated carbocycles. The van der Waals surface area contributed by atoms with E-state index in [-0.39, 0.29) is 0 Å². The fraction of sp³-hybridized carbons (Fsp3) is 0.308. The molecule has 0 unspecified atom stereocenters. The molecule has 0 aliphatic carbocycles. The average Bonchev–Trinajstić information content (AvgIpc) is 2.34. The van der Waals surface area contributed by atoms with Gasteiger partial charge < -0.3 is 11.1 Å². The minimum Gasteiger partial charge on any atom is -0.399 e. The summed E-state index contributed by atoms with van der Waals surface area (Å²) in [4.78, 5) is 3.66. The molecule has 1 aromatic rings. The van der Waals surface area contributed by atoms with Crippen molar-refractivity contribution >= 4 is 11.4 Å². The number of benzene rings is 1. The predicted molar refractivity (Wildman–Crippen MR) is 66.5 cm³/mol. The maximum Gasteiger partial charge on any atom is 0.195 e. The molecule has 0 aromatic heterocycles. The van der Waals surface area contributed by atoms with E-state index in [1.807, 2.05) is 24.3 Å². The third kappa shape index (κ3) is 2.07. The van der Waals surface area contributed by atoms with Gasteiger partial charge in [-0.3, -0.25) is 0 Å². The van der Waals surface area contributed by atoms with E-state index in [1.165, 1.54) is 5.57 Å². The number of nitrogen functional groups attached to an aromatic ring is 1. The quantitative estimate of drug-likeness (QED) is 0.555. The number of hydrogen-bond donors (Lipinski definition) is 2. The van der Waals surface area contributed by atoms with Gasteiger partial charge in [0.15, 0.2) is 5.70 Å². The van der Waals surface area contributed by atoms with Gasteiger partial charge in [-0.2, -0.15) is 0 Å². The number of para-hydroxylation sites is 1. The Labute approximate surface area is 95.8 Å². The van der Waals surface area contributed by atoms with Gasteiger partial charge in [0.1, 0.15) is 0 Å². The van der Waals surface area contributed by atoms with Crippen molar-refractivity contribution < 1.29 is 0 Å². The molecule has 3 nitrogen and oxygen atoms in total. The van der Waals surface area contributed by atoms with Crippen LogP contribution in [-0.2, 0) is 0 Å². The number of hydrogen-bond acceptors (Lipinski definition) is 2. The fourth-order valence-corrected chi connectivity index (χ4v) is 2.01. The van der Waals surface area contributed by atoms with Gasteiger partial charge in [0, 0.05) is 11.3 Å². The zero-order valence-electron chi connectivity index (χ0n) is 9.16. The Morgan fingerprint density at radius 3 is 2.56 bits per heavy atom.